The highest BCUT2D eigenvalue weighted by atomic mass is 32.2. The lowest BCUT2D eigenvalue weighted by molar-refractivity contribution is -0.120. The summed E-state index contributed by atoms with van der Waals surface area (Å²) < 4.78 is 23.6. The van der Waals surface area contributed by atoms with Crippen molar-refractivity contribution in [3.8, 4) is 0 Å². The molecule has 6 heteroatoms. The molecule has 2 unspecified atom stereocenters. The monoisotopic (exact) mass is 248 g/mol. The Bertz CT molecular complexity index is 349. The maximum atomic E-state index is 11.8. The molecule has 1 fully saturated rings. The molecule has 0 aromatic carbocycles. The lowest BCUT2D eigenvalue weighted by Gasteiger charge is -2.15. The molecule has 94 valence electrons. The smallest absolute Gasteiger partial charge is 0.238 e. The molecular weight excluding hydrogens is 228 g/mol. The van der Waals surface area contributed by atoms with E-state index in [4.69, 9.17) is 5.73 Å². The topological polar surface area (TPSA) is 89.3 Å². The van der Waals surface area contributed by atoms with Crippen LogP contribution in [-0.2, 0) is 14.6 Å². The van der Waals surface area contributed by atoms with Gasteiger partial charge in [0, 0.05) is 12.1 Å². The molecular formula is C10H20N2O3S. The first kappa shape index (κ1) is 13.4. The van der Waals surface area contributed by atoms with E-state index in [2.05, 4.69) is 5.32 Å². The van der Waals surface area contributed by atoms with Crippen LogP contribution in [0.5, 0.6) is 0 Å². The Hall–Kier alpha value is -0.620. The number of nitrogens with one attached hydrogen (secondary N) is 1. The zero-order valence-electron chi connectivity index (χ0n) is 9.77. The van der Waals surface area contributed by atoms with Crippen LogP contribution in [0.4, 0.5) is 0 Å². The Balaban J connectivity index is 2.55. The number of nitrogens with two attached hydrogens (primary N) is 1. The summed E-state index contributed by atoms with van der Waals surface area (Å²) in [6.45, 7) is 3.25. The summed E-state index contributed by atoms with van der Waals surface area (Å²) in [7, 11) is -3.43. The summed E-state index contributed by atoms with van der Waals surface area (Å²) >= 11 is 0. The second-order valence-corrected chi connectivity index (χ2v) is 6.79. The fourth-order valence-corrected chi connectivity index (χ4v) is 2.79. The molecule has 0 aromatic heterocycles. The molecule has 1 amide bonds. The van der Waals surface area contributed by atoms with E-state index in [0.717, 1.165) is 12.8 Å². The molecule has 0 heterocycles. The van der Waals surface area contributed by atoms with Crippen molar-refractivity contribution < 1.29 is 13.2 Å². The minimum atomic E-state index is -3.43. The van der Waals surface area contributed by atoms with Gasteiger partial charge in [0.1, 0.15) is 5.25 Å². The molecule has 0 radical (unpaired) electrons. The van der Waals surface area contributed by atoms with E-state index in [1.807, 2.05) is 6.92 Å². The Kier molecular flexibility index (Phi) is 4.32. The third-order valence-electron chi connectivity index (χ3n) is 2.80. The Morgan fingerprint density at radius 3 is 2.50 bits per heavy atom. The van der Waals surface area contributed by atoms with Gasteiger partial charge >= 0.3 is 0 Å². The molecule has 1 rings (SSSR count). The van der Waals surface area contributed by atoms with Gasteiger partial charge in [-0.15, -0.1) is 0 Å². The van der Waals surface area contributed by atoms with Gasteiger partial charge in [0.15, 0.2) is 9.84 Å². The zero-order chi connectivity index (χ0) is 12.3. The first-order valence-corrected chi connectivity index (χ1v) is 7.36. The van der Waals surface area contributed by atoms with E-state index in [1.54, 1.807) is 0 Å². The molecule has 0 aromatic rings. The maximum absolute atomic E-state index is 11.8. The quantitative estimate of drug-likeness (QED) is 0.681. The van der Waals surface area contributed by atoms with E-state index >= 15 is 0 Å². The summed E-state index contributed by atoms with van der Waals surface area (Å²) in [4.78, 5) is 11.6. The van der Waals surface area contributed by atoms with Gasteiger partial charge in [0.25, 0.3) is 0 Å². The van der Waals surface area contributed by atoms with E-state index in [1.165, 1.54) is 6.92 Å². The van der Waals surface area contributed by atoms with Crippen LogP contribution < -0.4 is 11.1 Å². The van der Waals surface area contributed by atoms with Gasteiger partial charge in [-0.05, 0) is 26.2 Å². The molecule has 1 saturated carbocycles. The summed E-state index contributed by atoms with van der Waals surface area (Å²) in [5, 5.41) is 1.70. The molecule has 0 saturated heterocycles. The lowest BCUT2D eigenvalue weighted by atomic mass is 10.3. The van der Waals surface area contributed by atoms with Crippen molar-refractivity contribution in [2.75, 3.05) is 5.75 Å². The second-order valence-electron chi connectivity index (χ2n) is 4.42. The van der Waals surface area contributed by atoms with Gasteiger partial charge in [-0.1, -0.05) is 6.92 Å². The fourth-order valence-electron chi connectivity index (χ4n) is 1.27. The first-order valence-electron chi connectivity index (χ1n) is 5.64. The normalized spacial score (nSPS) is 20.2. The predicted octanol–water partition coefficient (Wildman–Crippen LogP) is -0.194. The van der Waals surface area contributed by atoms with Crippen LogP contribution in [0.1, 0.15) is 33.1 Å². The van der Waals surface area contributed by atoms with E-state index < -0.39 is 21.0 Å². The molecule has 0 bridgehead atoms. The van der Waals surface area contributed by atoms with Gasteiger partial charge < -0.3 is 11.1 Å². The molecule has 16 heavy (non-hydrogen) atoms. The van der Waals surface area contributed by atoms with Crippen LogP contribution in [0.3, 0.4) is 0 Å². The van der Waals surface area contributed by atoms with Crippen molar-refractivity contribution in [2.45, 2.75) is 50.4 Å². The summed E-state index contributed by atoms with van der Waals surface area (Å²) in [6.07, 6.45) is 2.50. The third kappa shape index (κ3) is 3.75. The van der Waals surface area contributed by atoms with Crippen LogP contribution in [0, 0.1) is 0 Å². The highest BCUT2D eigenvalue weighted by Crippen LogP contribution is 2.19. The third-order valence-corrected chi connectivity index (χ3v) is 4.99. The maximum Gasteiger partial charge on any atom is 0.238 e. The SMILES string of the molecule is CCC(N)CS(=O)(=O)C(C)C(=O)NC1CC1. The Labute approximate surface area is 96.7 Å². The molecule has 2 atom stereocenters. The van der Waals surface area contributed by atoms with Gasteiger partial charge in [0.05, 0.1) is 5.75 Å². The van der Waals surface area contributed by atoms with Crippen molar-refractivity contribution in [3.63, 3.8) is 0 Å². The average molecular weight is 248 g/mol. The largest absolute Gasteiger partial charge is 0.352 e. The van der Waals surface area contributed by atoms with Crippen LogP contribution in [0.15, 0.2) is 0 Å². The van der Waals surface area contributed by atoms with Gasteiger partial charge in [-0.25, -0.2) is 8.42 Å². The summed E-state index contributed by atoms with van der Waals surface area (Å²) in [6, 6.07) is -0.203. The number of rotatable bonds is 6. The molecule has 5 nitrogen and oxygen atoms in total. The fraction of sp³-hybridized carbons (Fsp3) is 0.900. The predicted molar refractivity (Wildman–Crippen MR) is 62.7 cm³/mol. The standard InChI is InChI=1S/C10H20N2O3S/c1-3-8(11)6-16(14,15)7(2)10(13)12-9-4-5-9/h7-9H,3-6,11H2,1-2H3,(H,12,13). The first-order chi connectivity index (χ1) is 7.36. The number of carbonyl (C=O) groups is 1. The van der Waals surface area contributed by atoms with Gasteiger partial charge in [-0.3, -0.25) is 4.79 Å². The molecule has 1 aliphatic carbocycles. The summed E-state index contributed by atoms with van der Waals surface area (Å²) in [5.41, 5.74) is 5.60. The number of sulfone groups is 1. The van der Waals surface area contributed by atoms with Crippen molar-refractivity contribution in [1.82, 2.24) is 5.32 Å². The number of hydrogen-bond acceptors (Lipinski definition) is 4. The van der Waals surface area contributed by atoms with Crippen molar-refractivity contribution in [1.29, 1.82) is 0 Å². The molecule has 0 aliphatic heterocycles. The van der Waals surface area contributed by atoms with E-state index in [9.17, 15) is 13.2 Å². The van der Waals surface area contributed by atoms with Crippen molar-refractivity contribution in [3.05, 3.63) is 0 Å². The van der Waals surface area contributed by atoms with Gasteiger partial charge in [0.2, 0.25) is 5.91 Å². The minimum Gasteiger partial charge on any atom is -0.352 e. The van der Waals surface area contributed by atoms with Crippen molar-refractivity contribution >= 4 is 15.7 Å². The lowest BCUT2D eigenvalue weighted by Crippen LogP contribution is -2.42. The molecule has 0 spiro atoms. The molecule has 1 aliphatic rings. The van der Waals surface area contributed by atoms with Gasteiger partial charge in [-0.2, -0.15) is 0 Å². The average Bonchev–Trinajstić information content (AvgIpc) is 2.99. The molecule has 3 N–H and O–H groups in total. The zero-order valence-corrected chi connectivity index (χ0v) is 10.6. The highest BCUT2D eigenvalue weighted by Gasteiger charge is 2.32. The van der Waals surface area contributed by atoms with Crippen LogP contribution in [-0.4, -0.2) is 37.4 Å². The highest BCUT2D eigenvalue weighted by molar-refractivity contribution is 7.92. The number of amides is 1. The summed E-state index contributed by atoms with van der Waals surface area (Å²) in [5.74, 6) is -0.520. The van der Waals surface area contributed by atoms with E-state index in [0.29, 0.717) is 6.42 Å². The minimum absolute atomic E-state index is 0.122. The van der Waals surface area contributed by atoms with Crippen molar-refractivity contribution in [2.24, 2.45) is 5.73 Å². The second kappa shape index (κ2) is 5.14. The van der Waals surface area contributed by atoms with Crippen LogP contribution in [0.25, 0.3) is 0 Å². The van der Waals surface area contributed by atoms with Crippen LogP contribution in [0.2, 0.25) is 0 Å². The number of hydrogen-bond donors (Lipinski definition) is 2. The van der Waals surface area contributed by atoms with Crippen LogP contribution >= 0.6 is 0 Å². The number of carbonyl (C=O) groups excluding carboxylic acids is 1. The van der Waals surface area contributed by atoms with E-state index in [-0.39, 0.29) is 17.8 Å². The Morgan fingerprint density at radius 2 is 2.06 bits per heavy atom. The Morgan fingerprint density at radius 1 is 1.50 bits per heavy atom.